The van der Waals surface area contributed by atoms with Crippen LogP contribution in [-0.2, 0) is 0 Å². The van der Waals surface area contributed by atoms with Crippen molar-refractivity contribution in [3.05, 3.63) is 58.7 Å². The molecule has 0 saturated heterocycles. The number of methoxy groups -OCH3 is 1. The third kappa shape index (κ3) is 5.00. The van der Waals surface area contributed by atoms with Crippen LogP contribution in [0.25, 0.3) is 0 Å². The average Bonchev–Trinajstić information content (AvgIpc) is 2.67. The Kier molecular flexibility index (Phi) is 6.82. The first-order chi connectivity index (χ1) is 12.9. The lowest BCUT2D eigenvalue weighted by Crippen LogP contribution is -2.32. The minimum absolute atomic E-state index is 0.0963. The molecule has 0 bridgehead atoms. The first-order valence-electron chi connectivity index (χ1n) is 8.94. The smallest absolute Gasteiger partial charge is 0.319 e. The number of aryl methyl sites for hydroxylation is 2. The second kappa shape index (κ2) is 9.07. The summed E-state index contributed by atoms with van der Waals surface area (Å²) in [5, 5.41) is 8.34. The molecule has 6 nitrogen and oxygen atoms in total. The summed E-state index contributed by atoms with van der Waals surface area (Å²) >= 11 is 0. The van der Waals surface area contributed by atoms with Gasteiger partial charge in [-0.2, -0.15) is 0 Å². The summed E-state index contributed by atoms with van der Waals surface area (Å²) in [5.74, 6) is 0.166. The van der Waals surface area contributed by atoms with E-state index < -0.39 is 0 Å². The van der Waals surface area contributed by atoms with Crippen molar-refractivity contribution < 1.29 is 14.3 Å². The van der Waals surface area contributed by atoms with Crippen molar-refractivity contribution in [2.45, 2.75) is 33.2 Å². The van der Waals surface area contributed by atoms with Gasteiger partial charge in [0.2, 0.25) is 0 Å². The largest absolute Gasteiger partial charge is 0.496 e. The van der Waals surface area contributed by atoms with Gasteiger partial charge >= 0.3 is 6.03 Å². The molecule has 3 N–H and O–H groups in total. The van der Waals surface area contributed by atoms with Crippen LogP contribution in [0.2, 0.25) is 0 Å². The molecule has 0 saturated carbocycles. The predicted molar refractivity (Wildman–Crippen MR) is 107 cm³/mol. The van der Waals surface area contributed by atoms with Crippen molar-refractivity contribution in [2.75, 3.05) is 19.5 Å². The molecule has 0 radical (unpaired) electrons. The van der Waals surface area contributed by atoms with Crippen molar-refractivity contribution in [3.63, 3.8) is 0 Å². The van der Waals surface area contributed by atoms with E-state index in [-0.39, 0.29) is 18.0 Å². The lowest BCUT2D eigenvalue weighted by atomic mass is 9.99. The Morgan fingerprint density at radius 2 is 1.81 bits per heavy atom. The molecule has 6 heteroatoms. The van der Waals surface area contributed by atoms with Gasteiger partial charge in [-0.05, 0) is 55.2 Å². The Labute approximate surface area is 160 Å². The van der Waals surface area contributed by atoms with Gasteiger partial charge < -0.3 is 20.7 Å². The fraction of sp³-hybridized carbons (Fsp3) is 0.333. The average molecular weight is 369 g/mol. The van der Waals surface area contributed by atoms with Crippen LogP contribution >= 0.6 is 0 Å². The Balaban J connectivity index is 2.14. The van der Waals surface area contributed by atoms with E-state index in [4.69, 9.17) is 4.74 Å². The highest BCUT2D eigenvalue weighted by molar-refractivity contribution is 5.99. The van der Waals surface area contributed by atoms with Crippen LogP contribution < -0.4 is 20.7 Å². The maximum atomic E-state index is 12.5. The number of amides is 3. The monoisotopic (exact) mass is 369 g/mol. The molecule has 1 atom stereocenters. The number of hydrogen-bond acceptors (Lipinski definition) is 3. The first-order valence-corrected chi connectivity index (χ1v) is 8.94. The Morgan fingerprint density at radius 3 is 2.41 bits per heavy atom. The summed E-state index contributed by atoms with van der Waals surface area (Å²) in [4.78, 5) is 24.4. The lowest BCUT2D eigenvalue weighted by Gasteiger charge is -2.19. The standard InChI is InChI=1S/C21H27N3O3/c1-6-18(15-8-7-13(2)14(3)11-15)24-21(26)23-16-9-10-19(27-5)17(12-16)20(25)22-4/h7-12,18H,6H2,1-5H3,(H,22,25)(H2,23,24,26)/t18-/m0/s1. The van der Waals surface area contributed by atoms with Crippen molar-refractivity contribution in [1.29, 1.82) is 0 Å². The summed E-state index contributed by atoms with van der Waals surface area (Å²) in [6.45, 7) is 6.15. The topological polar surface area (TPSA) is 79.5 Å². The van der Waals surface area contributed by atoms with Crippen LogP contribution in [0.3, 0.4) is 0 Å². The van der Waals surface area contributed by atoms with E-state index in [2.05, 4.69) is 41.9 Å². The minimum Gasteiger partial charge on any atom is -0.496 e. The SMILES string of the molecule is CC[C@H](NC(=O)Nc1ccc(OC)c(C(=O)NC)c1)c1ccc(C)c(C)c1. The number of hydrogen-bond donors (Lipinski definition) is 3. The number of urea groups is 1. The van der Waals surface area contributed by atoms with Gasteiger partial charge in [-0.3, -0.25) is 4.79 Å². The number of ether oxygens (including phenoxy) is 1. The second-order valence-corrected chi connectivity index (χ2v) is 6.40. The number of carbonyl (C=O) groups excluding carboxylic acids is 2. The van der Waals surface area contributed by atoms with Crippen LogP contribution in [0, 0.1) is 13.8 Å². The van der Waals surface area contributed by atoms with E-state index in [1.165, 1.54) is 18.2 Å². The molecule has 2 aromatic carbocycles. The molecule has 2 rings (SSSR count). The van der Waals surface area contributed by atoms with Crippen LogP contribution in [0.1, 0.15) is 46.4 Å². The second-order valence-electron chi connectivity index (χ2n) is 6.40. The molecule has 0 aromatic heterocycles. The molecule has 0 aliphatic carbocycles. The van der Waals surface area contributed by atoms with Crippen molar-refractivity contribution in [3.8, 4) is 5.75 Å². The highest BCUT2D eigenvalue weighted by Gasteiger charge is 2.16. The first kappa shape index (κ1) is 20.3. The Morgan fingerprint density at radius 1 is 1.07 bits per heavy atom. The van der Waals surface area contributed by atoms with E-state index in [0.717, 1.165) is 12.0 Å². The van der Waals surface area contributed by atoms with E-state index in [1.54, 1.807) is 25.2 Å². The van der Waals surface area contributed by atoms with Crippen LogP contribution in [-0.4, -0.2) is 26.1 Å². The van der Waals surface area contributed by atoms with E-state index in [0.29, 0.717) is 17.0 Å². The van der Waals surface area contributed by atoms with Gasteiger partial charge in [-0.15, -0.1) is 0 Å². The summed E-state index contributed by atoms with van der Waals surface area (Å²) < 4.78 is 5.20. The quantitative estimate of drug-likeness (QED) is 0.721. The van der Waals surface area contributed by atoms with Gasteiger partial charge in [0.1, 0.15) is 5.75 Å². The van der Waals surface area contributed by atoms with Crippen LogP contribution in [0.15, 0.2) is 36.4 Å². The number of rotatable bonds is 6. The fourth-order valence-electron chi connectivity index (χ4n) is 2.83. The highest BCUT2D eigenvalue weighted by atomic mass is 16.5. The molecule has 144 valence electrons. The zero-order valence-corrected chi connectivity index (χ0v) is 16.5. The molecular formula is C21H27N3O3. The van der Waals surface area contributed by atoms with Gasteiger partial charge in [0.05, 0.1) is 18.7 Å². The normalized spacial score (nSPS) is 11.4. The molecule has 27 heavy (non-hydrogen) atoms. The number of carbonyl (C=O) groups is 2. The van der Waals surface area contributed by atoms with Gasteiger partial charge in [-0.1, -0.05) is 25.1 Å². The summed E-state index contributed by atoms with van der Waals surface area (Å²) in [7, 11) is 3.04. The van der Waals surface area contributed by atoms with E-state index in [9.17, 15) is 9.59 Å². The van der Waals surface area contributed by atoms with Gasteiger partial charge in [0.25, 0.3) is 5.91 Å². The molecule has 0 spiro atoms. The number of benzene rings is 2. The number of nitrogens with one attached hydrogen (secondary N) is 3. The van der Waals surface area contributed by atoms with Crippen molar-refractivity contribution in [1.82, 2.24) is 10.6 Å². The zero-order valence-electron chi connectivity index (χ0n) is 16.5. The minimum atomic E-state index is -0.326. The molecule has 0 unspecified atom stereocenters. The van der Waals surface area contributed by atoms with Gasteiger partial charge in [0.15, 0.2) is 0 Å². The summed E-state index contributed by atoms with van der Waals surface area (Å²) in [6, 6.07) is 10.7. The maximum Gasteiger partial charge on any atom is 0.319 e. The van der Waals surface area contributed by atoms with E-state index in [1.807, 2.05) is 13.0 Å². The third-order valence-corrected chi connectivity index (χ3v) is 4.58. The summed E-state index contributed by atoms with van der Waals surface area (Å²) in [5.41, 5.74) is 4.36. The predicted octanol–water partition coefficient (Wildman–Crippen LogP) is 3.94. The van der Waals surface area contributed by atoms with Gasteiger partial charge in [-0.25, -0.2) is 4.79 Å². The third-order valence-electron chi connectivity index (χ3n) is 4.58. The summed E-state index contributed by atoms with van der Waals surface area (Å²) in [6.07, 6.45) is 0.766. The Bertz CT molecular complexity index is 833. The molecule has 3 amide bonds. The zero-order chi connectivity index (χ0) is 20.0. The molecule has 0 heterocycles. The molecule has 0 fully saturated rings. The lowest BCUT2D eigenvalue weighted by molar-refractivity contribution is 0.0960. The number of anilines is 1. The van der Waals surface area contributed by atoms with Gasteiger partial charge in [0, 0.05) is 12.7 Å². The fourth-order valence-corrected chi connectivity index (χ4v) is 2.83. The molecular weight excluding hydrogens is 342 g/mol. The Hall–Kier alpha value is -3.02. The van der Waals surface area contributed by atoms with Crippen LogP contribution in [0.4, 0.5) is 10.5 Å². The highest BCUT2D eigenvalue weighted by Crippen LogP contribution is 2.23. The molecule has 2 aromatic rings. The van der Waals surface area contributed by atoms with E-state index >= 15 is 0 Å². The van der Waals surface area contributed by atoms with Crippen molar-refractivity contribution >= 4 is 17.6 Å². The van der Waals surface area contributed by atoms with Crippen LogP contribution in [0.5, 0.6) is 5.75 Å². The molecule has 0 aliphatic rings. The maximum absolute atomic E-state index is 12.5. The van der Waals surface area contributed by atoms with Crippen molar-refractivity contribution in [2.24, 2.45) is 0 Å². The molecule has 0 aliphatic heterocycles.